The molecule has 144 valence electrons. The lowest BCUT2D eigenvalue weighted by atomic mass is 9.88. The molecule has 3 heterocycles. The SMILES string of the molecule is Cn1c(=O)[nH]c2ccc(S(=O)(=O)N3CCCC34CCCNC4=O)cc2c1=O. The summed E-state index contributed by atoms with van der Waals surface area (Å²) in [6, 6.07) is 4.05. The Morgan fingerprint density at radius 3 is 2.59 bits per heavy atom. The van der Waals surface area contributed by atoms with E-state index in [-0.39, 0.29) is 28.3 Å². The number of H-pyrrole nitrogens is 1. The fourth-order valence-electron chi connectivity index (χ4n) is 4.11. The minimum Gasteiger partial charge on any atom is -0.354 e. The summed E-state index contributed by atoms with van der Waals surface area (Å²) < 4.78 is 28.8. The summed E-state index contributed by atoms with van der Waals surface area (Å²) in [5, 5.41) is 2.89. The molecule has 1 amide bonds. The summed E-state index contributed by atoms with van der Waals surface area (Å²) in [6.45, 7) is 0.811. The lowest BCUT2D eigenvalue weighted by Gasteiger charge is -2.39. The molecule has 2 saturated heterocycles. The molecule has 1 aromatic carbocycles. The summed E-state index contributed by atoms with van der Waals surface area (Å²) in [4.78, 5) is 39.1. The average molecular weight is 392 g/mol. The van der Waals surface area contributed by atoms with Gasteiger partial charge < -0.3 is 10.3 Å². The number of hydrogen-bond acceptors (Lipinski definition) is 5. The fourth-order valence-corrected chi connectivity index (χ4v) is 5.97. The zero-order valence-corrected chi connectivity index (χ0v) is 15.6. The summed E-state index contributed by atoms with van der Waals surface area (Å²) in [5.41, 5.74) is -1.92. The van der Waals surface area contributed by atoms with Crippen LogP contribution >= 0.6 is 0 Å². The molecular weight excluding hydrogens is 372 g/mol. The molecule has 1 atom stereocenters. The van der Waals surface area contributed by atoms with Crippen LogP contribution in [0.1, 0.15) is 25.7 Å². The molecule has 2 aliphatic heterocycles. The fraction of sp³-hybridized carbons (Fsp3) is 0.471. The number of piperidine rings is 1. The maximum absolute atomic E-state index is 13.3. The topological polar surface area (TPSA) is 121 Å². The summed E-state index contributed by atoms with van der Waals surface area (Å²) in [5.74, 6) is -0.254. The molecule has 0 radical (unpaired) electrons. The van der Waals surface area contributed by atoms with Gasteiger partial charge in [0.15, 0.2) is 0 Å². The first-order valence-corrected chi connectivity index (χ1v) is 10.3. The largest absolute Gasteiger partial charge is 0.354 e. The van der Waals surface area contributed by atoms with Gasteiger partial charge in [-0.05, 0) is 43.9 Å². The number of rotatable bonds is 2. The minimum atomic E-state index is -3.98. The van der Waals surface area contributed by atoms with Gasteiger partial charge in [0.05, 0.1) is 15.8 Å². The smallest absolute Gasteiger partial charge is 0.328 e. The molecule has 27 heavy (non-hydrogen) atoms. The van der Waals surface area contributed by atoms with Crippen molar-refractivity contribution < 1.29 is 13.2 Å². The van der Waals surface area contributed by atoms with Crippen molar-refractivity contribution in [3.63, 3.8) is 0 Å². The predicted molar refractivity (Wildman–Crippen MR) is 97.9 cm³/mol. The number of nitrogens with one attached hydrogen (secondary N) is 2. The highest BCUT2D eigenvalue weighted by Gasteiger charge is 2.53. The molecule has 9 nitrogen and oxygen atoms in total. The standard InChI is InChI=1S/C17H20N4O5S/c1-20-14(22)12-10-11(4-5-13(12)19-16(20)24)27(25,26)21-9-3-7-17(21)6-2-8-18-15(17)23/h4-5,10H,2-3,6-9H2,1H3,(H,18,23)(H,19,24). The summed E-state index contributed by atoms with van der Waals surface area (Å²) in [7, 11) is -2.66. The van der Waals surface area contributed by atoms with Gasteiger partial charge in [0.1, 0.15) is 5.54 Å². The number of amides is 1. The summed E-state index contributed by atoms with van der Waals surface area (Å²) >= 11 is 0. The second kappa shape index (κ2) is 6.03. The van der Waals surface area contributed by atoms with Crippen molar-refractivity contribution in [3.05, 3.63) is 39.0 Å². The number of aromatic nitrogens is 2. The third kappa shape index (κ3) is 2.54. The van der Waals surface area contributed by atoms with E-state index >= 15 is 0 Å². The first-order valence-electron chi connectivity index (χ1n) is 8.82. The predicted octanol–water partition coefficient (Wildman–Crippen LogP) is -0.340. The van der Waals surface area contributed by atoms with Crippen molar-refractivity contribution in [1.29, 1.82) is 0 Å². The number of nitrogens with zero attached hydrogens (tertiary/aromatic N) is 2. The van der Waals surface area contributed by atoms with Crippen LogP contribution in [-0.4, -0.2) is 46.8 Å². The van der Waals surface area contributed by atoms with Crippen molar-refractivity contribution >= 4 is 26.8 Å². The Morgan fingerprint density at radius 2 is 1.85 bits per heavy atom. The molecule has 10 heteroatoms. The van der Waals surface area contributed by atoms with Crippen molar-refractivity contribution in [3.8, 4) is 0 Å². The first-order chi connectivity index (χ1) is 12.8. The van der Waals surface area contributed by atoms with Gasteiger partial charge in [0.25, 0.3) is 5.56 Å². The maximum Gasteiger partial charge on any atom is 0.328 e. The van der Waals surface area contributed by atoms with Crippen LogP contribution in [0.5, 0.6) is 0 Å². The molecule has 0 saturated carbocycles. The van der Waals surface area contributed by atoms with Gasteiger partial charge >= 0.3 is 5.69 Å². The average Bonchev–Trinajstić information content (AvgIpc) is 3.07. The molecule has 2 aromatic rings. The monoisotopic (exact) mass is 392 g/mol. The normalized spacial score (nSPS) is 23.8. The van der Waals surface area contributed by atoms with E-state index in [0.717, 1.165) is 11.0 Å². The van der Waals surface area contributed by atoms with Crippen LogP contribution in [0.2, 0.25) is 0 Å². The van der Waals surface area contributed by atoms with E-state index in [9.17, 15) is 22.8 Å². The van der Waals surface area contributed by atoms with Crippen LogP contribution < -0.4 is 16.6 Å². The van der Waals surface area contributed by atoms with Crippen molar-refractivity contribution in [1.82, 2.24) is 19.2 Å². The van der Waals surface area contributed by atoms with Crippen LogP contribution in [0.15, 0.2) is 32.7 Å². The first kappa shape index (κ1) is 17.9. The minimum absolute atomic E-state index is 0.0567. The van der Waals surface area contributed by atoms with Crippen molar-refractivity contribution in [2.75, 3.05) is 13.1 Å². The third-order valence-corrected chi connectivity index (χ3v) is 7.53. The van der Waals surface area contributed by atoms with Crippen LogP contribution in [0, 0.1) is 0 Å². The third-order valence-electron chi connectivity index (χ3n) is 5.56. The molecular formula is C17H20N4O5S. The van der Waals surface area contributed by atoms with Gasteiger partial charge in [-0.2, -0.15) is 4.31 Å². The van der Waals surface area contributed by atoms with Crippen LogP contribution in [-0.2, 0) is 21.9 Å². The number of hydrogen-bond donors (Lipinski definition) is 2. The van der Waals surface area contributed by atoms with E-state index in [0.29, 0.717) is 25.8 Å². The molecule has 4 rings (SSSR count). The number of carbonyl (C=O) groups is 1. The highest BCUT2D eigenvalue weighted by molar-refractivity contribution is 7.89. The van der Waals surface area contributed by atoms with Gasteiger partial charge in [-0.15, -0.1) is 0 Å². The number of benzene rings is 1. The molecule has 1 spiro atoms. The van der Waals surface area contributed by atoms with Crippen LogP contribution in [0.25, 0.3) is 10.9 Å². The van der Waals surface area contributed by atoms with E-state index < -0.39 is 26.8 Å². The molecule has 0 bridgehead atoms. The molecule has 2 fully saturated rings. The molecule has 1 aromatic heterocycles. The van der Waals surface area contributed by atoms with E-state index in [2.05, 4.69) is 10.3 Å². The van der Waals surface area contributed by atoms with Gasteiger partial charge in [0.2, 0.25) is 15.9 Å². The number of sulfonamides is 1. The van der Waals surface area contributed by atoms with Crippen LogP contribution in [0.4, 0.5) is 0 Å². The van der Waals surface area contributed by atoms with Gasteiger partial charge in [-0.25, -0.2) is 13.2 Å². The maximum atomic E-state index is 13.3. The number of carbonyl (C=O) groups excluding carboxylic acids is 1. The van der Waals surface area contributed by atoms with E-state index in [1.165, 1.54) is 29.6 Å². The highest BCUT2D eigenvalue weighted by atomic mass is 32.2. The molecule has 2 aliphatic rings. The zero-order valence-electron chi connectivity index (χ0n) is 14.8. The highest BCUT2D eigenvalue weighted by Crippen LogP contribution is 2.39. The molecule has 1 unspecified atom stereocenters. The molecule has 0 aliphatic carbocycles. The van der Waals surface area contributed by atoms with Crippen molar-refractivity contribution in [2.45, 2.75) is 36.1 Å². The van der Waals surface area contributed by atoms with E-state index in [4.69, 9.17) is 0 Å². The van der Waals surface area contributed by atoms with Gasteiger partial charge in [-0.3, -0.25) is 14.2 Å². The Balaban J connectivity index is 1.86. The lowest BCUT2D eigenvalue weighted by Crippen LogP contribution is -2.60. The Labute approximate surface area is 155 Å². The number of aromatic amines is 1. The zero-order chi connectivity index (χ0) is 19.4. The Hall–Kier alpha value is -2.46. The van der Waals surface area contributed by atoms with Crippen molar-refractivity contribution in [2.24, 2.45) is 7.05 Å². The Kier molecular flexibility index (Phi) is 4.00. The van der Waals surface area contributed by atoms with Crippen LogP contribution in [0.3, 0.4) is 0 Å². The number of fused-ring (bicyclic) bond motifs is 1. The quantitative estimate of drug-likeness (QED) is 0.724. The lowest BCUT2D eigenvalue weighted by molar-refractivity contribution is -0.131. The van der Waals surface area contributed by atoms with E-state index in [1.54, 1.807) is 0 Å². The Bertz CT molecular complexity index is 1170. The molecule has 2 N–H and O–H groups in total. The van der Waals surface area contributed by atoms with E-state index in [1.807, 2.05) is 0 Å². The van der Waals surface area contributed by atoms with Gasteiger partial charge in [-0.1, -0.05) is 0 Å². The second-order valence-corrected chi connectivity index (χ2v) is 8.94. The van der Waals surface area contributed by atoms with Gasteiger partial charge in [0, 0.05) is 20.1 Å². The second-order valence-electron chi connectivity index (χ2n) is 7.07. The summed E-state index contributed by atoms with van der Waals surface area (Å²) in [6.07, 6.45) is 2.30. The Morgan fingerprint density at radius 1 is 1.11 bits per heavy atom.